The summed E-state index contributed by atoms with van der Waals surface area (Å²) in [6.07, 6.45) is 0. The number of amides is 1. The summed E-state index contributed by atoms with van der Waals surface area (Å²) in [4.78, 5) is 37.0. The summed E-state index contributed by atoms with van der Waals surface area (Å²) >= 11 is 0. The summed E-state index contributed by atoms with van der Waals surface area (Å²) < 4.78 is 13.3. The maximum atomic E-state index is 13.3. The van der Waals surface area contributed by atoms with Crippen molar-refractivity contribution in [3.63, 3.8) is 0 Å². The van der Waals surface area contributed by atoms with Crippen LogP contribution in [0, 0.1) is 5.82 Å². The largest absolute Gasteiger partial charge is 0.503 e. The van der Waals surface area contributed by atoms with Gasteiger partial charge in [0.2, 0.25) is 0 Å². The van der Waals surface area contributed by atoms with Crippen molar-refractivity contribution in [2.75, 3.05) is 4.90 Å². The highest BCUT2D eigenvalue weighted by atomic mass is 19.1. The number of Topliss-reactive ketones (excluding diaryl/α,β-unsaturated/α-hetero) is 1. The van der Waals surface area contributed by atoms with Gasteiger partial charge in [-0.25, -0.2) is 9.18 Å². The first kappa shape index (κ1) is 17.3. The number of ketones is 1. The van der Waals surface area contributed by atoms with Gasteiger partial charge in [-0.2, -0.15) is 0 Å². The van der Waals surface area contributed by atoms with Crippen LogP contribution in [0.5, 0.6) is 0 Å². The van der Waals surface area contributed by atoms with E-state index in [1.165, 1.54) is 55.5 Å². The molecule has 7 heteroatoms. The predicted molar refractivity (Wildman–Crippen MR) is 90.4 cm³/mol. The number of aromatic carboxylic acids is 1. The highest BCUT2D eigenvalue weighted by Crippen LogP contribution is 2.41. The third-order valence-corrected chi connectivity index (χ3v) is 4.14. The van der Waals surface area contributed by atoms with E-state index in [1.807, 2.05) is 0 Å². The number of rotatable bonds is 4. The first-order valence-corrected chi connectivity index (χ1v) is 7.67. The van der Waals surface area contributed by atoms with E-state index in [2.05, 4.69) is 0 Å². The molecule has 3 rings (SSSR count). The second-order valence-electron chi connectivity index (χ2n) is 5.80. The maximum absolute atomic E-state index is 13.3. The minimum absolute atomic E-state index is 0.0519. The van der Waals surface area contributed by atoms with Gasteiger partial charge in [0, 0.05) is 5.69 Å². The molecule has 1 aliphatic heterocycles. The molecular formula is C19H14FNO5. The Morgan fingerprint density at radius 1 is 1.12 bits per heavy atom. The average Bonchev–Trinajstić information content (AvgIpc) is 2.87. The van der Waals surface area contributed by atoms with Crippen LogP contribution in [0.2, 0.25) is 0 Å². The lowest BCUT2D eigenvalue weighted by Crippen LogP contribution is -2.31. The van der Waals surface area contributed by atoms with E-state index < -0.39 is 35.3 Å². The van der Waals surface area contributed by atoms with Gasteiger partial charge in [-0.15, -0.1) is 0 Å². The monoisotopic (exact) mass is 355 g/mol. The average molecular weight is 355 g/mol. The number of benzene rings is 2. The van der Waals surface area contributed by atoms with Crippen molar-refractivity contribution in [1.82, 2.24) is 0 Å². The fourth-order valence-electron chi connectivity index (χ4n) is 2.98. The number of nitrogens with zero attached hydrogens (tertiary/aromatic N) is 1. The fraction of sp³-hybridized carbons (Fsp3) is 0.105. The molecule has 132 valence electrons. The van der Waals surface area contributed by atoms with Gasteiger partial charge in [-0.05, 0) is 42.8 Å². The number of carbonyl (C=O) groups excluding carboxylic acids is 2. The summed E-state index contributed by atoms with van der Waals surface area (Å²) in [7, 11) is 0. The third kappa shape index (κ3) is 2.83. The van der Waals surface area contributed by atoms with Crippen LogP contribution in [-0.2, 0) is 9.59 Å². The van der Waals surface area contributed by atoms with E-state index in [0.29, 0.717) is 5.56 Å². The molecule has 0 spiro atoms. The van der Waals surface area contributed by atoms with E-state index in [-0.39, 0.29) is 16.8 Å². The third-order valence-electron chi connectivity index (χ3n) is 4.14. The van der Waals surface area contributed by atoms with Crippen LogP contribution in [0.1, 0.15) is 28.9 Å². The summed E-state index contributed by atoms with van der Waals surface area (Å²) in [5.74, 6) is -3.71. The Hall–Kier alpha value is -3.48. The maximum Gasteiger partial charge on any atom is 0.335 e. The van der Waals surface area contributed by atoms with E-state index >= 15 is 0 Å². The molecule has 0 saturated carbocycles. The molecule has 0 bridgehead atoms. The smallest absolute Gasteiger partial charge is 0.335 e. The molecule has 1 amide bonds. The Bertz CT molecular complexity index is 949. The molecule has 26 heavy (non-hydrogen) atoms. The normalized spacial score (nSPS) is 16.9. The van der Waals surface area contributed by atoms with Crippen molar-refractivity contribution in [1.29, 1.82) is 0 Å². The van der Waals surface area contributed by atoms with Crippen LogP contribution < -0.4 is 4.90 Å². The number of halogens is 1. The number of hydrogen-bond donors (Lipinski definition) is 2. The molecule has 2 N–H and O–H groups in total. The van der Waals surface area contributed by atoms with Crippen molar-refractivity contribution < 1.29 is 29.0 Å². The van der Waals surface area contributed by atoms with Crippen LogP contribution in [-0.4, -0.2) is 27.9 Å². The molecule has 1 atom stereocenters. The fourth-order valence-corrected chi connectivity index (χ4v) is 2.98. The molecule has 1 heterocycles. The predicted octanol–water partition coefficient (Wildman–Crippen LogP) is 3.01. The van der Waals surface area contributed by atoms with E-state index in [9.17, 15) is 23.9 Å². The number of carboxylic acids is 1. The van der Waals surface area contributed by atoms with Gasteiger partial charge in [0.25, 0.3) is 5.91 Å². The number of anilines is 1. The summed E-state index contributed by atoms with van der Waals surface area (Å²) in [5.41, 5.74) is 0.438. The SMILES string of the molecule is CC(=O)C1=C(O)C(=O)N(c2cccc(C(=O)O)c2)[C@@H]1c1ccc(F)cc1. The Morgan fingerprint density at radius 3 is 2.35 bits per heavy atom. The zero-order chi connectivity index (χ0) is 19.0. The van der Waals surface area contributed by atoms with Gasteiger partial charge < -0.3 is 10.2 Å². The molecule has 0 fully saturated rings. The highest BCUT2D eigenvalue weighted by Gasteiger charge is 2.43. The zero-order valence-corrected chi connectivity index (χ0v) is 13.6. The van der Waals surface area contributed by atoms with Crippen molar-refractivity contribution >= 4 is 23.3 Å². The molecule has 0 radical (unpaired) electrons. The topological polar surface area (TPSA) is 94.9 Å². The van der Waals surface area contributed by atoms with Crippen LogP contribution in [0.15, 0.2) is 59.9 Å². The van der Waals surface area contributed by atoms with Crippen molar-refractivity contribution in [3.05, 3.63) is 76.8 Å². The Labute approximate surface area is 147 Å². The number of carbonyl (C=O) groups is 3. The lowest BCUT2D eigenvalue weighted by Gasteiger charge is -2.27. The second kappa shape index (κ2) is 6.44. The first-order chi connectivity index (χ1) is 12.3. The first-order valence-electron chi connectivity index (χ1n) is 7.67. The standard InChI is InChI=1S/C19H14FNO5/c1-10(22)15-16(11-5-7-13(20)8-6-11)21(18(24)17(15)23)14-4-2-3-12(9-14)19(25)26/h2-9,16,23H,1H3,(H,25,26)/t16-/m1/s1. The van der Waals surface area contributed by atoms with Crippen molar-refractivity contribution in [2.24, 2.45) is 0 Å². The van der Waals surface area contributed by atoms with Crippen LogP contribution in [0.25, 0.3) is 0 Å². The van der Waals surface area contributed by atoms with E-state index in [1.54, 1.807) is 0 Å². The molecule has 1 aliphatic rings. The Kier molecular flexibility index (Phi) is 4.29. The molecule has 0 aliphatic carbocycles. The minimum Gasteiger partial charge on any atom is -0.503 e. The second-order valence-corrected chi connectivity index (χ2v) is 5.80. The molecule has 2 aromatic rings. The summed E-state index contributed by atoms with van der Waals surface area (Å²) in [5, 5.41) is 19.4. The number of aliphatic hydroxyl groups is 1. The molecule has 6 nitrogen and oxygen atoms in total. The Balaban J connectivity index is 2.18. The van der Waals surface area contributed by atoms with Gasteiger partial charge in [-0.1, -0.05) is 18.2 Å². The molecular weight excluding hydrogens is 341 g/mol. The number of hydrogen-bond acceptors (Lipinski definition) is 4. The number of aliphatic hydroxyl groups excluding tert-OH is 1. The van der Waals surface area contributed by atoms with Crippen molar-refractivity contribution in [3.8, 4) is 0 Å². The van der Waals surface area contributed by atoms with Gasteiger partial charge >= 0.3 is 5.97 Å². The van der Waals surface area contributed by atoms with E-state index in [4.69, 9.17) is 5.11 Å². The van der Waals surface area contributed by atoms with Crippen LogP contribution >= 0.6 is 0 Å². The van der Waals surface area contributed by atoms with Crippen LogP contribution in [0.4, 0.5) is 10.1 Å². The zero-order valence-electron chi connectivity index (χ0n) is 13.6. The van der Waals surface area contributed by atoms with Gasteiger partial charge in [-0.3, -0.25) is 14.5 Å². The molecule has 2 aromatic carbocycles. The van der Waals surface area contributed by atoms with Crippen LogP contribution in [0.3, 0.4) is 0 Å². The molecule has 0 aromatic heterocycles. The quantitative estimate of drug-likeness (QED) is 0.879. The number of carboxylic acid groups (broad SMARTS) is 1. The summed E-state index contributed by atoms with van der Waals surface area (Å²) in [6, 6.07) is 9.77. The molecule has 0 saturated heterocycles. The lowest BCUT2D eigenvalue weighted by molar-refractivity contribution is -0.117. The lowest BCUT2D eigenvalue weighted by atomic mass is 9.96. The van der Waals surface area contributed by atoms with Gasteiger partial charge in [0.15, 0.2) is 11.5 Å². The Morgan fingerprint density at radius 2 is 1.77 bits per heavy atom. The van der Waals surface area contributed by atoms with Gasteiger partial charge in [0.1, 0.15) is 5.82 Å². The van der Waals surface area contributed by atoms with E-state index in [0.717, 1.165) is 4.90 Å². The van der Waals surface area contributed by atoms with Gasteiger partial charge in [0.05, 0.1) is 17.2 Å². The minimum atomic E-state index is -1.18. The highest BCUT2D eigenvalue weighted by molar-refractivity contribution is 6.16. The molecule has 0 unspecified atom stereocenters. The summed E-state index contributed by atoms with van der Waals surface area (Å²) in [6.45, 7) is 1.21. The van der Waals surface area contributed by atoms with Crippen molar-refractivity contribution in [2.45, 2.75) is 13.0 Å².